The molecule has 2 rings (SSSR count). The van der Waals surface area contributed by atoms with Gasteiger partial charge in [-0.2, -0.15) is 0 Å². The van der Waals surface area contributed by atoms with Crippen molar-refractivity contribution in [1.29, 1.82) is 0 Å². The average Bonchev–Trinajstić information content (AvgIpc) is 2.67. The molecule has 6 nitrogen and oxygen atoms in total. The molecule has 0 saturated heterocycles. The highest BCUT2D eigenvalue weighted by Crippen LogP contribution is 2.10. The summed E-state index contributed by atoms with van der Waals surface area (Å²) in [5.41, 5.74) is 13.7. The third kappa shape index (κ3) is 7.83. The van der Waals surface area contributed by atoms with E-state index in [0.29, 0.717) is 31.1 Å². The SMILES string of the molecule is CC(N=C(N)CCC(=O)NC(CN)Cc1ccccc1)=Nc1ccccc1. The summed E-state index contributed by atoms with van der Waals surface area (Å²) in [6.45, 7) is 2.16. The second-order valence-electron chi connectivity index (χ2n) is 6.29. The quantitative estimate of drug-likeness (QED) is 0.494. The predicted molar refractivity (Wildman–Crippen MR) is 111 cm³/mol. The lowest BCUT2D eigenvalue weighted by Gasteiger charge is -2.17. The van der Waals surface area contributed by atoms with Crippen LogP contribution in [0.5, 0.6) is 0 Å². The number of aliphatic imine (C=N–C) groups is 2. The minimum atomic E-state index is -0.0977. The van der Waals surface area contributed by atoms with Gasteiger partial charge in [0.25, 0.3) is 0 Å². The molecular weight excluding hydrogens is 338 g/mol. The van der Waals surface area contributed by atoms with Crippen molar-refractivity contribution < 1.29 is 4.79 Å². The number of amidine groups is 2. The van der Waals surface area contributed by atoms with Crippen LogP contribution in [-0.2, 0) is 11.2 Å². The molecule has 0 radical (unpaired) electrons. The van der Waals surface area contributed by atoms with Crippen molar-refractivity contribution >= 4 is 23.3 Å². The van der Waals surface area contributed by atoms with Crippen molar-refractivity contribution in [3.05, 3.63) is 66.2 Å². The molecule has 0 aliphatic heterocycles. The largest absolute Gasteiger partial charge is 0.387 e. The van der Waals surface area contributed by atoms with Gasteiger partial charge in [-0.25, -0.2) is 9.98 Å². The number of nitrogens with zero attached hydrogens (tertiary/aromatic N) is 2. The number of para-hydroxylation sites is 1. The monoisotopic (exact) mass is 365 g/mol. The van der Waals surface area contributed by atoms with Crippen LogP contribution in [-0.4, -0.2) is 30.2 Å². The minimum absolute atomic E-state index is 0.0859. The Hall–Kier alpha value is -2.99. The standard InChI is InChI=1S/C21H27N5O/c1-16(24-18-10-6-3-7-11-18)25-20(23)12-13-21(27)26-19(15-22)14-17-8-4-2-5-9-17/h2-11,19H,12-15,22H2,1H3,(H,26,27)(H2,23,24,25). The second kappa shape index (κ2) is 10.9. The lowest BCUT2D eigenvalue weighted by Crippen LogP contribution is -2.41. The van der Waals surface area contributed by atoms with E-state index in [9.17, 15) is 4.79 Å². The van der Waals surface area contributed by atoms with Gasteiger partial charge in [-0.05, 0) is 31.0 Å². The number of rotatable bonds is 8. The van der Waals surface area contributed by atoms with Gasteiger partial charge in [-0.1, -0.05) is 48.5 Å². The second-order valence-corrected chi connectivity index (χ2v) is 6.29. The molecule has 1 amide bonds. The van der Waals surface area contributed by atoms with Crippen LogP contribution >= 0.6 is 0 Å². The molecule has 1 unspecified atom stereocenters. The van der Waals surface area contributed by atoms with E-state index in [4.69, 9.17) is 11.5 Å². The minimum Gasteiger partial charge on any atom is -0.387 e. The Kier molecular flexibility index (Phi) is 8.19. The number of benzene rings is 2. The molecule has 0 spiro atoms. The van der Waals surface area contributed by atoms with Crippen molar-refractivity contribution in [3.8, 4) is 0 Å². The molecule has 1 atom stereocenters. The highest BCUT2D eigenvalue weighted by atomic mass is 16.1. The number of hydrogen-bond acceptors (Lipinski definition) is 3. The molecule has 2 aromatic rings. The van der Waals surface area contributed by atoms with Crippen LogP contribution in [0.1, 0.15) is 25.3 Å². The van der Waals surface area contributed by atoms with Crippen molar-refractivity contribution in [2.45, 2.75) is 32.2 Å². The first-order valence-corrected chi connectivity index (χ1v) is 9.03. The molecule has 27 heavy (non-hydrogen) atoms. The van der Waals surface area contributed by atoms with Crippen molar-refractivity contribution in [3.63, 3.8) is 0 Å². The Bertz CT molecular complexity index is 772. The van der Waals surface area contributed by atoms with E-state index in [-0.39, 0.29) is 18.4 Å². The van der Waals surface area contributed by atoms with Crippen LogP contribution in [0.2, 0.25) is 0 Å². The number of carbonyl (C=O) groups excluding carboxylic acids is 1. The smallest absolute Gasteiger partial charge is 0.220 e. The molecule has 142 valence electrons. The van der Waals surface area contributed by atoms with Crippen LogP contribution < -0.4 is 16.8 Å². The molecular formula is C21H27N5O. The van der Waals surface area contributed by atoms with Crippen LogP contribution in [0.25, 0.3) is 0 Å². The molecule has 0 aliphatic rings. The highest BCUT2D eigenvalue weighted by molar-refractivity contribution is 5.97. The predicted octanol–water partition coefficient (Wildman–Crippen LogP) is 2.56. The fraction of sp³-hybridized carbons (Fsp3) is 0.286. The molecule has 0 aliphatic carbocycles. The number of carbonyl (C=O) groups is 1. The van der Waals surface area contributed by atoms with Crippen LogP contribution in [0.15, 0.2) is 70.6 Å². The first kappa shape index (κ1) is 20.3. The zero-order chi connectivity index (χ0) is 19.5. The summed E-state index contributed by atoms with van der Waals surface area (Å²) in [6.07, 6.45) is 1.34. The molecule has 0 saturated carbocycles. The normalized spacial score (nSPS) is 13.3. The van der Waals surface area contributed by atoms with E-state index in [1.807, 2.05) is 60.7 Å². The molecule has 6 heteroatoms. The zero-order valence-electron chi connectivity index (χ0n) is 15.6. The van der Waals surface area contributed by atoms with E-state index in [2.05, 4.69) is 15.3 Å². The Morgan fingerprint density at radius 3 is 2.30 bits per heavy atom. The number of nitrogens with one attached hydrogen (secondary N) is 1. The van der Waals surface area contributed by atoms with Crippen molar-refractivity contribution in [2.24, 2.45) is 21.5 Å². The summed E-state index contributed by atoms with van der Waals surface area (Å²) >= 11 is 0. The summed E-state index contributed by atoms with van der Waals surface area (Å²) in [6, 6.07) is 19.4. The number of nitrogens with two attached hydrogens (primary N) is 2. The molecule has 0 bridgehead atoms. The highest BCUT2D eigenvalue weighted by Gasteiger charge is 2.12. The maximum absolute atomic E-state index is 12.2. The topological polar surface area (TPSA) is 106 Å². The summed E-state index contributed by atoms with van der Waals surface area (Å²) in [4.78, 5) is 20.8. The van der Waals surface area contributed by atoms with Gasteiger partial charge in [0.1, 0.15) is 11.7 Å². The summed E-state index contributed by atoms with van der Waals surface area (Å²) in [7, 11) is 0. The number of hydrogen-bond donors (Lipinski definition) is 3. The molecule has 2 aromatic carbocycles. The fourth-order valence-electron chi connectivity index (χ4n) is 2.61. The fourth-order valence-corrected chi connectivity index (χ4v) is 2.61. The van der Waals surface area contributed by atoms with Crippen molar-refractivity contribution in [1.82, 2.24) is 5.32 Å². The zero-order valence-corrected chi connectivity index (χ0v) is 15.6. The van der Waals surface area contributed by atoms with Gasteiger partial charge in [0, 0.05) is 25.4 Å². The van der Waals surface area contributed by atoms with E-state index in [1.54, 1.807) is 6.92 Å². The number of amides is 1. The van der Waals surface area contributed by atoms with Crippen LogP contribution in [0, 0.1) is 0 Å². The van der Waals surface area contributed by atoms with Gasteiger partial charge in [-0.15, -0.1) is 0 Å². The van der Waals surface area contributed by atoms with E-state index in [0.717, 1.165) is 11.3 Å². The van der Waals surface area contributed by atoms with Crippen molar-refractivity contribution in [2.75, 3.05) is 6.54 Å². The van der Waals surface area contributed by atoms with E-state index >= 15 is 0 Å². The van der Waals surface area contributed by atoms with Gasteiger partial charge in [0.05, 0.1) is 5.69 Å². The Balaban J connectivity index is 1.82. The first-order chi connectivity index (χ1) is 13.1. The maximum Gasteiger partial charge on any atom is 0.220 e. The molecule has 0 fully saturated rings. The van der Waals surface area contributed by atoms with Gasteiger partial charge in [-0.3, -0.25) is 4.79 Å². The van der Waals surface area contributed by atoms with E-state index in [1.165, 1.54) is 0 Å². The summed E-state index contributed by atoms with van der Waals surface area (Å²) in [5.74, 6) is 0.856. The Morgan fingerprint density at radius 1 is 1.04 bits per heavy atom. The third-order valence-corrected chi connectivity index (χ3v) is 3.94. The Morgan fingerprint density at radius 2 is 1.67 bits per heavy atom. The maximum atomic E-state index is 12.2. The summed E-state index contributed by atoms with van der Waals surface area (Å²) < 4.78 is 0. The third-order valence-electron chi connectivity index (χ3n) is 3.94. The van der Waals surface area contributed by atoms with Gasteiger partial charge >= 0.3 is 0 Å². The van der Waals surface area contributed by atoms with Gasteiger partial charge in [0.2, 0.25) is 5.91 Å². The van der Waals surface area contributed by atoms with Gasteiger partial charge in [0.15, 0.2) is 0 Å². The van der Waals surface area contributed by atoms with Crippen LogP contribution in [0.3, 0.4) is 0 Å². The first-order valence-electron chi connectivity index (χ1n) is 9.03. The summed E-state index contributed by atoms with van der Waals surface area (Å²) in [5, 5.41) is 2.96. The molecule has 0 heterocycles. The average molecular weight is 365 g/mol. The van der Waals surface area contributed by atoms with Crippen LogP contribution in [0.4, 0.5) is 5.69 Å². The lowest BCUT2D eigenvalue weighted by molar-refractivity contribution is -0.121. The Labute approximate surface area is 160 Å². The molecule has 5 N–H and O–H groups in total. The van der Waals surface area contributed by atoms with E-state index < -0.39 is 0 Å². The lowest BCUT2D eigenvalue weighted by atomic mass is 10.1. The van der Waals surface area contributed by atoms with Gasteiger partial charge < -0.3 is 16.8 Å². The molecule has 0 aromatic heterocycles.